The third-order valence-corrected chi connectivity index (χ3v) is 7.00. The molecule has 1 atom stereocenters. The van der Waals surface area contributed by atoms with Gasteiger partial charge in [0.25, 0.3) is 0 Å². The van der Waals surface area contributed by atoms with E-state index in [2.05, 4.69) is 5.32 Å². The molecule has 0 aromatic carbocycles. The van der Waals surface area contributed by atoms with Crippen molar-refractivity contribution < 1.29 is 8.42 Å². The number of hydrogen-bond acceptors (Lipinski definition) is 5. The summed E-state index contributed by atoms with van der Waals surface area (Å²) in [4.78, 5) is 1.34. The first-order valence-electron chi connectivity index (χ1n) is 6.73. The van der Waals surface area contributed by atoms with E-state index in [4.69, 9.17) is 0 Å². The van der Waals surface area contributed by atoms with Gasteiger partial charge in [-0.3, -0.25) is 0 Å². The molecule has 1 aromatic rings. The molecule has 0 bridgehead atoms. The monoisotopic (exact) mass is 336 g/mol. The number of thiophene rings is 1. The second-order valence-corrected chi connectivity index (χ2v) is 8.40. The van der Waals surface area contributed by atoms with Gasteiger partial charge in [0.1, 0.15) is 0 Å². The fourth-order valence-electron chi connectivity index (χ4n) is 1.95. The molecule has 1 unspecified atom stereocenters. The Balaban J connectivity index is 3.00. The second kappa shape index (κ2) is 8.38. The van der Waals surface area contributed by atoms with E-state index in [0.29, 0.717) is 11.4 Å². The first kappa shape index (κ1) is 18.0. The topological polar surface area (TPSA) is 49.4 Å². The van der Waals surface area contributed by atoms with Crippen molar-refractivity contribution in [3.63, 3.8) is 0 Å². The summed E-state index contributed by atoms with van der Waals surface area (Å²) in [5, 5.41) is 5.04. The van der Waals surface area contributed by atoms with Gasteiger partial charge in [0.15, 0.2) is 0 Å². The lowest BCUT2D eigenvalue weighted by molar-refractivity contribution is 0.385. The quantitative estimate of drug-likeness (QED) is 0.753. The van der Waals surface area contributed by atoms with Crippen molar-refractivity contribution in [1.82, 2.24) is 9.62 Å². The van der Waals surface area contributed by atoms with Crippen LogP contribution in [-0.4, -0.2) is 44.4 Å². The second-order valence-electron chi connectivity index (χ2n) is 4.53. The van der Waals surface area contributed by atoms with Gasteiger partial charge in [0, 0.05) is 30.3 Å². The molecule has 1 N–H and O–H groups in total. The van der Waals surface area contributed by atoms with Gasteiger partial charge in [-0.2, -0.15) is 16.1 Å². The maximum Gasteiger partial charge on any atom is 0.244 e. The number of thioether (sulfide) groups is 1. The summed E-state index contributed by atoms with van der Waals surface area (Å²) >= 11 is 3.17. The van der Waals surface area contributed by atoms with Crippen molar-refractivity contribution >= 4 is 33.1 Å². The van der Waals surface area contributed by atoms with Crippen LogP contribution < -0.4 is 5.32 Å². The molecule has 0 saturated carbocycles. The molecule has 1 heterocycles. The highest BCUT2D eigenvalue weighted by Crippen LogP contribution is 2.26. The predicted octanol–water partition coefficient (Wildman–Crippen LogP) is 2.62. The van der Waals surface area contributed by atoms with Crippen LogP contribution in [0.25, 0.3) is 0 Å². The fraction of sp³-hybridized carbons (Fsp3) is 0.692. The lowest BCUT2D eigenvalue weighted by atomic mass is 10.3. The Kier molecular flexibility index (Phi) is 7.53. The standard InChI is InChI=1S/C13H24N2O2S3/c1-5-11(10-18-4)15(3)20(16,17)13-7-8-19-12(13)9-14-6-2/h7-8,11,14H,5-6,9-10H2,1-4H3. The summed E-state index contributed by atoms with van der Waals surface area (Å²) in [6, 6.07) is 1.76. The SMILES string of the molecule is CCNCc1sccc1S(=O)(=O)N(C)C(CC)CSC. The van der Waals surface area contributed by atoms with Crippen LogP contribution in [0.15, 0.2) is 16.3 Å². The zero-order chi connectivity index (χ0) is 15.2. The Labute approximate surface area is 131 Å². The Hall–Kier alpha value is -0.0800. The minimum absolute atomic E-state index is 0.0434. The molecule has 0 amide bonds. The summed E-state index contributed by atoms with van der Waals surface area (Å²) in [5.41, 5.74) is 0. The first-order valence-corrected chi connectivity index (χ1v) is 10.4. The van der Waals surface area contributed by atoms with Crippen LogP contribution in [0.2, 0.25) is 0 Å². The molecule has 0 aliphatic carbocycles. The summed E-state index contributed by atoms with van der Waals surface area (Å²) < 4.78 is 27.0. The maximum atomic E-state index is 12.7. The van der Waals surface area contributed by atoms with Crippen LogP contribution in [0.5, 0.6) is 0 Å². The molecule has 0 fully saturated rings. The third kappa shape index (κ3) is 4.21. The molecular formula is C13H24N2O2S3. The van der Waals surface area contributed by atoms with Crippen LogP contribution in [-0.2, 0) is 16.6 Å². The molecule has 7 heteroatoms. The average Bonchev–Trinajstić information content (AvgIpc) is 2.90. The molecule has 1 aromatic heterocycles. The van der Waals surface area contributed by atoms with Crippen LogP contribution in [0.4, 0.5) is 0 Å². The Morgan fingerprint density at radius 2 is 2.15 bits per heavy atom. The van der Waals surface area contributed by atoms with Crippen molar-refractivity contribution in [2.24, 2.45) is 0 Å². The van der Waals surface area contributed by atoms with Gasteiger partial charge in [0.05, 0.1) is 4.90 Å². The molecule has 1 rings (SSSR count). The summed E-state index contributed by atoms with van der Waals surface area (Å²) in [7, 11) is -1.71. The Morgan fingerprint density at radius 1 is 1.45 bits per heavy atom. The number of sulfonamides is 1. The molecule has 116 valence electrons. The molecular weight excluding hydrogens is 312 g/mol. The van der Waals surface area contributed by atoms with E-state index in [1.54, 1.807) is 24.9 Å². The minimum Gasteiger partial charge on any atom is -0.312 e. The van der Waals surface area contributed by atoms with Gasteiger partial charge in [-0.1, -0.05) is 13.8 Å². The van der Waals surface area contributed by atoms with Crippen molar-refractivity contribution in [1.29, 1.82) is 0 Å². The molecule has 0 radical (unpaired) electrons. The van der Waals surface area contributed by atoms with E-state index >= 15 is 0 Å². The minimum atomic E-state index is -3.40. The van der Waals surface area contributed by atoms with E-state index in [-0.39, 0.29) is 6.04 Å². The zero-order valence-electron chi connectivity index (χ0n) is 12.5. The fourth-order valence-corrected chi connectivity index (χ4v) is 5.70. The molecule has 0 spiro atoms. The van der Waals surface area contributed by atoms with E-state index in [9.17, 15) is 8.42 Å². The molecule has 0 aliphatic heterocycles. The van der Waals surface area contributed by atoms with Crippen molar-refractivity contribution in [2.75, 3.05) is 25.6 Å². The van der Waals surface area contributed by atoms with Gasteiger partial charge in [-0.05, 0) is 30.7 Å². The smallest absolute Gasteiger partial charge is 0.244 e. The molecule has 4 nitrogen and oxygen atoms in total. The summed E-state index contributed by atoms with van der Waals surface area (Å²) in [5.74, 6) is 0.818. The summed E-state index contributed by atoms with van der Waals surface area (Å²) in [6.07, 6.45) is 2.83. The predicted molar refractivity (Wildman–Crippen MR) is 89.1 cm³/mol. The van der Waals surface area contributed by atoms with Crippen LogP contribution in [0, 0.1) is 0 Å². The van der Waals surface area contributed by atoms with Gasteiger partial charge >= 0.3 is 0 Å². The van der Waals surface area contributed by atoms with Crippen molar-refractivity contribution in [3.8, 4) is 0 Å². The largest absolute Gasteiger partial charge is 0.312 e. The van der Waals surface area contributed by atoms with Crippen molar-refractivity contribution in [3.05, 3.63) is 16.3 Å². The lowest BCUT2D eigenvalue weighted by Gasteiger charge is -2.26. The van der Waals surface area contributed by atoms with Gasteiger partial charge in [0.2, 0.25) is 10.0 Å². The van der Waals surface area contributed by atoms with Crippen LogP contribution in [0.1, 0.15) is 25.1 Å². The number of hydrogen-bond donors (Lipinski definition) is 1. The van der Waals surface area contributed by atoms with Gasteiger partial charge in [-0.15, -0.1) is 11.3 Å². The Bertz CT molecular complexity index is 499. The molecule has 0 saturated heterocycles. The molecule has 20 heavy (non-hydrogen) atoms. The van der Waals surface area contributed by atoms with E-state index in [1.807, 2.05) is 25.5 Å². The highest BCUT2D eigenvalue weighted by atomic mass is 32.2. The van der Waals surface area contributed by atoms with Gasteiger partial charge in [-0.25, -0.2) is 8.42 Å². The summed E-state index contributed by atoms with van der Waals surface area (Å²) in [6.45, 7) is 5.48. The highest BCUT2D eigenvalue weighted by Gasteiger charge is 2.29. The zero-order valence-corrected chi connectivity index (χ0v) is 15.0. The maximum absolute atomic E-state index is 12.7. The molecule has 0 aliphatic rings. The van der Waals surface area contributed by atoms with Gasteiger partial charge < -0.3 is 5.32 Å². The van der Waals surface area contributed by atoms with Crippen LogP contribution >= 0.6 is 23.1 Å². The van der Waals surface area contributed by atoms with Crippen LogP contribution in [0.3, 0.4) is 0 Å². The number of nitrogens with one attached hydrogen (secondary N) is 1. The first-order chi connectivity index (χ1) is 9.48. The third-order valence-electron chi connectivity index (χ3n) is 3.24. The number of nitrogens with zero attached hydrogens (tertiary/aromatic N) is 1. The van der Waals surface area contributed by atoms with E-state index in [0.717, 1.165) is 23.6 Å². The average molecular weight is 337 g/mol. The highest BCUT2D eigenvalue weighted by molar-refractivity contribution is 7.98. The normalized spacial score (nSPS) is 13.8. The number of rotatable bonds is 9. The van der Waals surface area contributed by atoms with E-state index < -0.39 is 10.0 Å². The van der Waals surface area contributed by atoms with Crippen molar-refractivity contribution in [2.45, 2.75) is 37.8 Å². The van der Waals surface area contributed by atoms with E-state index in [1.165, 1.54) is 15.6 Å². The lowest BCUT2D eigenvalue weighted by Crippen LogP contribution is -2.38. The Morgan fingerprint density at radius 3 is 2.70 bits per heavy atom.